The molecule has 5 aliphatic heterocycles. The summed E-state index contributed by atoms with van der Waals surface area (Å²) in [4.78, 5) is 27.2. The molecule has 2 aromatic carbocycles. The Bertz CT molecular complexity index is 1920. The maximum Gasteiger partial charge on any atom is 0.319 e. The number of ether oxygens (including phenoxy) is 1. The fourth-order valence-corrected chi connectivity index (χ4v) is 7.46. The summed E-state index contributed by atoms with van der Waals surface area (Å²) in [6.07, 6.45) is 3.17. The maximum atomic E-state index is 15.1. The molecule has 2 bridgehead atoms. The largest absolute Gasteiger partial charge is 0.508 e. The number of alkyl halides is 1. The first-order chi connectivity index (χ1) is 21.5. The predicted molar refractivity (Wildman–Crippen MR) is 155 cm³/mol. The molecule has 5 saturated heterocycles. The van der Waals surface area contributed by atoms with Gasteiger partial charge in [0.15, 0.2) is 11.6 Å². The van der Waals surface area contributed by atoms with E-state index in [0.717, 1.165) is 23.5 Å². The van der Waals surface area contributed by atoms with Crippen molar-refractivity contribution in [2.75, 3.05) is 37.6 Å². The lowest BCUT2D eigenvalue weighted by atomic mass is 9.93. The Morgan fingerprint density at radius 2 is 2.07 bits per heavy atom. The molecule has 0 spiro atoms. The zero-order valence-electron chi connectivity index (χ0n) is 25.2. The Morgan fingerprint density at radius 3 is 2.86 bits per heavy atom. The Morgan fingerprint density at radius 1 is 1.19 bits per heavy atom. The van der Waals surface area contributed by atoms with Crippen LogP contribution in [0.25, 0.3) is 27.4 Å². The van der Waals surface area contributed by atoms with Crippen molar-refractivity contribution in [2.45, 2.75) is 55.9 Å². The zero-order valence-corrected chi connectivity index (χ0v) is 23.2. The van der Waals surface area contributed by atoms with Crippen LogP contribution in [0.1, 0.15) is 34.8 Å². The fourth-order valence-electron chi connectivity index (χ4n) is 7.46. The van der Waals surface area contributed by atoms with Gasteiger partial charge in [0.05, 0.1) is 19.4 Å². The Hall–Kier alpha value is -3.90. The molecule has 5 aliphatic rings. The van der Waals surface area contributed by atoms with E-state index in [1.165, 1.54) is 24.4 Å². The van der Waals surface area contributed by atoms with Gasteiger partial charge >= 0.3 is 6.01 Å². The number of fused-ring (bicyclic) bond motifs is 6. The van der Waals surface area contributed by atoms with E-state index in [0.29, 0.717) is 43.7 Å². The van der Waals surface area contributed by atoms with Crippen molar-refractivity contribution in [3.63, 3.8) is 0 Å². The molecule has 0 radical (unpaired) electrons. The second kappa shape index (κ2) is 9.81. The number of aromatic hydroxyl groups is 1. The monoisotopic (exact) mass is 594 g/mol. The van der Waals surface area contributed by atoms with Gasteiger partial charge in [0, 0.05) is 55.8 Å². The highest BCUT2D eigenvalue weighted by molar-refractivity contribution is 5.94. The van der Waals surface area contributed by atoms with Crippen molar-refractivity contribution in [1.29, 1.82) is 0 Å². The van der Waals surface area contributed by atoms with E-state index in [4.69, 9.17) is 7.48 Å². The summed E-state index contributed by atoms with van der Waals surface area (Å²) < 4.78 is 69.1. The number of pyridine rings is 1. The first-order valence-corrected chi connectivity index (χ1v) is 14.7. The zero-order chi connectivity index (χ0) is 31.2. The molecule has 224 valence electrons. The van der Waals surface area contributed by atoms with E-state index in [1.807, 2.05) is 0 Å². The molecule has 4 atom stereocenters. The molecule has 2 aromatic heterocycles. The Balaban J connectivity index is 1.31. The number of anilines is 1. The topological polar surface area (TPSA) is 95.8 Å². The summed E-state index contributed by atoms with van der Waals surface area (Å²) >= 11 is 0. The summed E-state index contributed by atoms with van der Waals surface area (Å²) in [7, 11) is 0. The van der Waals surface area contributed by atoms with E-state index >= 15 is 4.39 Å². The average molecular weight is 595 g/mol. The first kappa shape index (κ1) is 24.5. The summed E-state index contributed by atoms with van der Waals surface area (Å²) in [5.41, 5.74) is -2.12. The third kappa shape index (κ3) is 4.25. The van der Waals surface area contributed by atoms with Crippen molar-refractivity contribution in [3.05, 3.63) is 58.5 Å². The highest BCUT2D eigenvalue weighted by atomic mass is 19.2. The summed E-state index contributed by atoms with van der Waals surface area (Å²) in [5, 5.41) is 14.3. The molecule has 0 amide bonds. The molecule has 2 N–H and O–H groups in total. The van der Waals surface area contributed by atoms with Crippen LogP contribution in [0.3, 0.4) is 0 Å². The molecule has 12 heteroatoms. The SMILES string of the molecule is [2H]C([2H])(Oc1nc(N2CC3CCC2CN3)c2ccn(-c3cc(O)cc4ccc(F)c(F)c34)c(=O)c2n1)[C@@]12CCCN1C[C@H](F)C2. The molecule has 9 rings (SSSR count). The van der Waals surface area contributed by atoms with Gasteiger partial charge in [-0.05, 0) is 55.8 Å². The molecule has 5 fully saturated rings. The molecular weight excluding hydrogens is 561 g/mol. The van der Waals surface area contributed by atoms with E-state index in [-0.39, 0.29) is 58.8 Å². The van der Waals surface area contributed by atoms with Crippen LogP contribution in [0.15, 0.2) is 41.3 Å². The number of benzene rings is 2. The quantitative estimate of drug-likeness (QED) is 0.360. The van der Waals surface area contributed by atoms with Crippen molar-refractivity contribution >= 4 is 27.5 Å². The molecule has 4 aromatic rings. The third-order valence-electron chi connectivity index (χ3n) is 9.50. The summed E-state index contributed by atoms with van der Waals surface area (Å²) in [6.45, 7) is -0.393. The van der Waals surface area contributed by atoms with Crippen LogP contribution in [-0.2, 0) is 0 Å². The first-order valence-electron chi connectivity index (χ1n) is 15.7. The van der Waals surface area contributed by atoms with Crippen LogP contribution in [0.4, 0.5) is 19.0 Å². The van der Waals surface area contributed by atoms with Gasteiger partial charge in [-0.25, -0.2) is 13.2 Å². The number of nitrogens with one attached hydrogen (secondary N) is 1. The highest BCUT2D eigenvalue weighted by Gasteiger charge is 2.49. The second-order valence-electron chi connectivity index (χ2n) is 12.1. The Labute approximate surface area is 247 Å². The number of piperidine rings is 2. The number of hydrogen-bond donors (Lipinski definition) is 2. The summed E-state index contributed by atoms with van der Waals surface area (Å²) in [6, 6.07) is 6.22. The minimum Gasteiger partial charge on any atom is -0.508 e. The predicted octanol–water partition coefficient (Wildman–Crippen LogP) is 3.81. The van der Waals surface area contributed by atoms with Gasteiger partial charge in [-0.3, -0.25) is 14.3 Å². The lowest BCUT2D eigenvalue weighted by Gasteiger charge is -2.46. The van der Waals surface area contributed by atoms with E-state index in [1.54, 1.807) is 11.0 Å². The van der Waals surface area contributed by atoms with E-state index < -0.39 is 35.5 Å². The van der Waals surface area contributed by atoms with Crippen LogP contribution < -0.4 is 20.5 Å². The van der Waals surface area contributed by atoms with Gasteiger partial charge in [-0.15, -0.1) is 0 Å². The number of hydrogen-bond acceptors (Lipinski definition) is 8. The van der Waals surface area contributed by atoms with Gasteiger partial charge in [-0.2, -0.15) is 9.97 Å². The lowest BCUT2D eigenvalue weighted by Crippen LogP contribution is -2.61. The number of piperazine rings is 1. The molecule has 7 heterocycles. The number of halogens is 3. The number of phenolic OH excluding ortho intramolecular Hbond substituents is 1. The van der Waals surface area contributed by atoms with Crippen LogP contribution in [0, 0.1) is 11.6 Å². The molecule has 43 heavy (non-hydrogen) atoms. The van der Waals surface area contributed by atoms with Gasteiger partial charge in [0.2, 0.25) is 0 Å². The number of rotatable bonds is 5. The number of aromatic nitrogens is 3. The third-order valence-corrected chi connectivity index (χ3v) is 9.50. The lowest BCUT2D eigenvalue weighted by molar-refractivity contribution is 0.107. The molecule has 9 nitrogen and oxygen atoms in total. The van der Waals surface area contributed by atoms with Gasteiger partial charge in [0.25, 0.3) is 5.56 Å². The second-order valence-corrected chi connectivity index (χ2v) is 12.1. The number of phenols is 1. The highest BCUT2D eigenvalue weighted by Crippen LogP contribution is 2.41. The van der Waals surface area contributed by atoms with Gasteiger partial charge in [-0.1, -0.05) is 6.07 Å². The standard InChI is InChI=1S/C31H31F3N6O3/c32-18-12-31(7-1-8-38(31)14-18)16-43-30-36-27-22(28(37-30)40-15-19-3-4-20(40)13-35-19)6-9-39(29(27)42)24-11-21(41)10-17-2-5-23(33)26(34)25(17)24/h2,5-6,9-11,18-20,35,41H,1,3-4,7-8,12-16H2/t18-,19?,20?,31+/m1/s1/i16D2. The van der Waals surface area contributed by atoms with Gasteiger partial charge in [0.1, 0.15) is 29.8 Å². The molecule has 2 unspecified atom stereocenters. The van der Waals surface area contributed by atoms with Crippen LogP contribution in [0.2, 0.25) is 0 Å². The molecule has 0 saturated carbocycles. The minimum atomic E-state index is -2.38. The maximum absolute atomic E-state index is 15.1. The van der Waals surface area contributed by atoms with Crippen LogP contribution in [-0.4, -0.2) is 81.1 Å². The van der Waals surface area contributed by atoms with E-state index in [2.05, 4.69) is 20.2 Å². The normalized spacial score (nSPS) is 28.0. The van der Waals surface area contributed by atoms with Crippen LogP contribution in [0.5, 0.6) is 11.8 Å². The smallest absolute Gasteiger partial charge is 0.319 e. The fraction of sp³-hybridized carbons (Fsp3) is 0.452. The minimum absolute atomic E-state index is 0.0263. The van der Waals surface area contributed by atoms with Crippen molar-refractivity contribution in [2.24, 2.45) is 0 Å². The van der Waals surface area contributed by atoms with Gasteiger partial charge < -0.3 is 20.1 Å². The van der Waals surface area contributed by atoms with E-state index in [9.17, 15) is 18.7 Å². The molecular formula is C31H31F3N6O3. The van der Waals surface area contributed by atoms with Crippen molar-refractivity contribution < 1.29 is 25.8 Å². The molecule has 0 aliphatic carbocycles. The summed E-state index contributed by atoms with van der Waals surface area (Å²) in [5.74, 6) is -2.13. The van der Waals surface area contributed by atoms with Crippen molar-refractivity contribution in [3.8, 4) is 17.4 Å². The average Bonchev–Trinajstić information content (AvgIpc) is 3.57. The number of nitrogens with zero attached hydrogens (tertiary/aromatic N) is 5. The van der Waals surface area contributed by atoms with Crippen molar-refractivity contribution in [1.82, 2.24) is 24.8 Å². The Kier molecular flexibility index (Phi) is 5.60. The van der Waals surface area contributed by atoms with Crippen LogP contribution >= 0.6 is 0 Å².